The highest BCUT2D eigenvalue weighted by Crippen LogP contribution is 2.05. The van der Waals surface area contributed by atoms with Gasteiger partial charge >= 0.3 is 0 Å². The molecule has 0 aromatic carbocycles. The summed E-state index contributed by atoms with van der Waals surface area (Å²) in [5.74, 6) is 0. The number of aliphatic hydroxyl groups excluding tert-OH is 1. The summed E-state index contributed by atoms with van der Waals surface area (Å²) in [6.07, 6.45) is 0.614. The van der Waals surface area contributed by atoms with Gasteiger partial charge in [-0.25, -0.2) is 0 Å². The zero-order chi connectivity index (χ0) is 25.2. The van der Waals surface area contributed by atoms with Crippen molar-refractivity contribution in [2.24, 2.45) is 0 Å². The molecular formula is C25H52O8. The number of hydrogen-bond acceptors (Lipinski definition) is 8. The second kappa shape index (κ2) is 19.9. The summed E-state index contributed by atoms with van der Waals surface area (Å²) in [5.41, 5.74) is 0. The average Bonchev–Trinajstić information content (AvgIpc) is 2.78. The van der Waals surface area contributed by atoms with Crippen LogP contribution in [0.25, 0.3) is 0 Å². The lowest BCUT2D eigenvalue weighted by molar-refractivity contribution is -0.107. The van der Waals surface area contributed by atoms with Crippen LogP contribution in [0, 0.1) is 0 Å². The normalized spacial score (nSPS) is 19.5. The van der Waals surface area contributed by atoms with Crippen molar-refractivity contribution in [2.75, 3.05) is 46.2 Å². The van der Waals surface area contributed by atoms with Gasteiger partial charge in [0.1, 0.15) is 0 Å². The first kappa shape index (κ1) is 32.7. The zero-order valence-electron chi connectivity index (χ0n) is 22.6. The highest BCUT2D eigenvalue weighted by molar-refractivity contribution is 4.59. The molecule has 0 aliphatic heterocycles. The van der Waals surface area contributed by atoms with Crippen molar-refractivity contribution in [3.63, 3.8) is 0 Å². The molecule has 0 bridgehead atoms. The third-order valence-electron chi connectivity index (χ3n) is 4.89. The molecule has 0 aromatic rings. The molecule has 33 heavy (non-hydrogen) atoms. The minimum Gasteiger partial charge on any atom is -0.391 e. The van der Waals surface area contributed by atoms with Crippen LogP contribution in [0.15, 0.2) is 0 Å². The molecule has 8 nitrogen and oxygen atoms in total. The van der Waals surface area contributed by atoms with Gasteiger partial charge < -0.3 is 38.3 Å². The molecule has 0 heterocycles. The fourth-order valence-electron chi connectivity index (χ4n) is 2.51. The minimum absolute atomic E-state index is 0.0132. The van der Waals surface area contributed by atoms with Gasteiger partial charge in [-0.2, -0.15) is 0 Å². The van der Waals surface area contributed by atoms with E-state index in [1.54, 1.807) is 6.92 Å². The van der Waals surface area contributed by atoms with Crippen LogP contribution >= 0.6 is 0 Å². The Labute approximate surface area is 202 Å². The first-order valence-corrected chi connectivity index (χ1v) is 12.5. The van der Waals surface area contributed by atoms with Crippen molar-refractivity contribution in [1.29, 1.82) is 0 Å². The maximum atomic E-state index is 9.24. The van der Waals surface area contributed by atoms with E-state index in [0.29, 0.717) is 46.2 Å². The molecule has 8 atom stereocenters. The van der Waals surface area contributed by atoms with E-state index in [0.717, 1.165) is 6.42 Å². The summed E-state index contributed by atoms with van der Waals surface area (Å²) in [4.78, 5) is 0. The smallest absolute Gasteiger partial charge is 0.0781 e. The van der Waals surface area contributed by atoms with E-state index in [-0.39, 0.29) is 42.7 Å². The van der Waals surface area contributed by atoms with Gasteiger partial charge in [0.25, 0.3) is 0 Å². The van der Waals surface area contributed by atoms with E-state index in [1.807, 2.05) is 41.5 Å². The number of hydrogen-bond donors (Lipinski definition) is 1. The van der Waals surface area contributed by atoms with E-state index in [4.69, 9.17) is 33.2 Å². The standard InChI is InChI=1S/C25H52O8/c1-10-19(3)28-12-21(5)30-14-23(7)32-16-25(9)33-17-24(8)31-15-22(6)29-13-20(4)27-11-18(2)26/h18-26H,10-17H2,1-9H3. The molecule has 0 saturated carbocycles. The van der Waals surface area contributed by atoms with E-state index in [9.17, 15) is 5.11 Å². The highest BCUT2D eigenvalue weighted by atomic mass is 16.6. The second-order valence-electron chi connectivity index (χ2n) is 9.26. The number of aliphatic hydroxyl groups is 1. The molecule has 0 aromatic heterocycles. The van der Waals surface area contributed by atoms with Gasteiger partial charge in [0.15, 0.2) is 0 Å². The summed E-state index contributed by atoms with van der Waals surface area (Å²) in [7, 11) is 0. The largest absolute Gasteiger partial charge is 0.391 e. The van der Waals surface area contributed by atoms with Crippen LogP contribution in [0.3, 0.4) is 0 Å². The Bertz CT molecular complexity index is 437. The molecule has 0 amide bonds. The molecule has 200 valence electrons. The molecule has 0 rings (SSSR count). The summed E-state index contributed by atoms with van der Waals surface area (Å²) in [5, 5.41) is 9.24. The van der Waals surface area contributed by atoms with E-state index in [1.165, 1.54) is 0 Å². The lowest BCUT2D eigenvalue weighted by Crippen LogP contribution is -2.30. The summed E-state index contributed by atoms with van der Waals surface area (Å²) in [6, 6.07) is 0. The Hall–Kier alpha value is -0.320. The Morgan fingerprint density at radius 1 is 0.394 bits per heavy atom. The first-order chi connectivity index (χ1) is 15.5. The molecule has 0 aliphatic rings. The molecule has 8 unspecified atom stereocenters. The van der Waals surface area contributed by atoms with Crippen LogP contribution in [0.1, 0.15) is 68.7 Å². The van der Waals surface area contributed by atoms with Gasteiger partial charge in [-0.05, 0) is 61.8 Å². The Morgan fingerprint density at radius 3 is 0.818 bits per heavy atom. The van der Waals surface area contributed by atoms with Gasteiger partial charge in [0.05, 0.1) is 95.1 Å². The molecule has 0 aliphatic carbocycles. The maximum absolute atomic E-state index is 9.24. The Kier molecular flexibility index (Phi) is 19.7. The van der Waals surface area contributed by atoms with Gasteiger partial charge in [-0.15, -0.1) is 0 Å². The van der Waals surface area contributed by atoms with Gasteiger partial charge in [0, 0.05) is 0 Å². The van der Waals surface area contributed by atoms with Crippen molar-refractivity contribution >= 4 is 0 Å². The van der Waals surface area contributed by atoms with Crippen LogP contribution < -0.4 is 0 Å². The summed E-state index contributed by atoms with van der Waals surface area (Å²) >= 11 is 0. The van der Waals surface area contributed by atoms with Crippen LogP contribution in [0.2, 0.25) is 0 Å². The van der Waals surface area contributed by atoms with Crippen molar-refractivity contribution in [2.45, 2.75) is 118 Å². The number of rotatable bonds is 22. The van der Waals surface area contributed by atoms with Crippen molar-refractivity contribution in [3.05, 3.63) is 0 Å². The second-order valence-corrected chi connectivity index (χ2v) is 9.26. The summed E-state index contributed by atoms with van der Waals surface area (Å²) in [6.45, 7) is 21.1. The summed E-state index contributed by atoms with van der Waals surface area (Å²) < 4.78 is 40.2. The minimum atomic E-state index is -0.471. The molecule has 1 N–H and O–H groups in total. The maximum Gasteiger partial charge on any atom is 0.0781 e. The van der Waals surface area contributed by atoms with Crippen LogP contribution in [0.4, 0.5) is 0 Å². The lowest BCUT2D eigenvalue weighted by Gasteiger charge is -2.23. The zero-order valence-corrected chi connectivity index (χ0v) is 22.6. The Balaban J connectivity index is 3.81. The van der Waals surface area contributed by atoms with Crippen LogP contribution in [0.5, 0.6) is 0 Å². The molecule has 0 radical (unpaired) electrons. The van der Waals surface area contributed by atoms with Crippen molar-refractivity contribution in [3.8, 4) is 0 Å². The van der Waals surface area contributed by atoms with Gasteiger partial charge in [-0.3, -0.25) is 0 Å². The predicted molar refractivity (Wildman–Crippen MR) is 130 cm³/mol. The topological polar surface area (TPSA) is 84.8 Å². The van der Waals surface area contributed by atoms with Crippen LogP contribution in [-0.4, -0.2) is 100 Å². The quantitative estimate of drug-likeness (QED) is 0.252. The van der Waals surface area contributed by atoms with E-state index in [2.05, 4.69) is 13.8 Å². The third kappa shape index (κ3) is 20.7. The molecule has 8 heteroatoms. The lowest BCUT2D eigenvalue weighted by atomic mass is 10.3. The predicted octanol–water partition coefficient (Wildman–Crippen LogP) is 3.61. The fraction of sp³-hybridized carbons (Fsp3) is 1.00. The highest BCUT2D eigenvalue weighted by Gasteiger charge is 2.14. The molecule has 0 fully saturated rings. The monoisotopic (exact) mass is 480 g/mol. The molecule has 0 spiro atoms. The fourth-order valence-corrected chi connectivity index (χ4v) is 2.51. The van der Waals surface area contributed by atoms with Crippen molar-refractivity contribution < 1.29 is 38.3 Å². The average molecular weight is 481 g/mol. The van der Waals surface area contributed by atoms with E-state index < -0.39 is 6.10 Å². The molecular weight excluding hydrogens is 428 g/mol. The SMILES string of the molecule is CCC(C)OCC(C)OCC(C)OCC(C)OCC(C)OCC(C)OCC(C)OCC(C)O. The van der Waals surface area contributed by atoms with Gasteiger partial charge in [-0.1, -0.05) is 6.92 Å². The number of ether oxygens (including phenoxy) is 7. The Morgan fingerprint density at radius 2 is 0.606 bits per heavy atom. The third-order valence-corrected chi connectivity index (χ3v) is 4.89. The van der Waals surface area contributed by atoms with E-state index >= 15 is 0 Å². The molecule has 0 saturated heterocycles. The van der Waals surface area contributed by atoms with Crippen LogP contribution in [-0.2, 0) is 33.2 Å². The van der Waals surface area contributed by atoms with Crippen molar-refractivity contribution in [1.82, 2.24) is 0 Å². The van der Waals surface area contributed by atoms with Gasteiger partial charge in [0.2, 0.25) is 0 Å². The first-order valence-electron chi connectivity index (χ1n) is 12.5.